The first-order valence-electron chi connectivity index (χ1n) is 3.01. The SMILES string of the molecule is CC[C@@]1(C)O[C@H]1CO. The van der Waals surface area contributed by atoms with Crippen molar-refractivity contribution in [2.45, 2.75) is 32.0 Å². The van der Waals surface area contributed by atoms with Crippen molar-refractivity contribution in [3.63, 3.8) is 0 Å². The summed E-state index contributed by atoms with van der Waals surface area (Å²) >= 11 is 0. The quantitative estimate of drug-likeness (QED) is 0.534. The smallest absolute Gasteiger partial charge is 0.110 e. The summed E-state index contributed by atoms with van der Waals surface area (Å²) in [5, 5.41) is 8.55. The molecule has 0 unspecified atom stereocenters. The van der Waals surface area contributed by atoms with Crippen LogP contribution in [0.25, 0.3) is 0 Å². The Hall–Kier alpha value is -0.0800. The largest absolute Gasteiger partial charge is 0.394 e. The molecule has 0 aliphatic carbocycles. The van der Waals surface area contributed by atoms with Crippen LogP contribution in [0.15, 0.2) is 0 Å². The molecule has 0 bridgehead atoms. The van der Waals surface area contributed by atoms with Crippen LogP contribution in [0, 0.1) is 0 Å². The van der Waals surface area contributed by atoms with Crippen molar-refractivity contribution < 1.29 is 9.84 Å². The highest BCUT2D eigenvalue weighted by molar-refractivity contribution is 4.97. The Kier molecular flexibility index (Phi) is 1.29. The summed E-state index contributed by atoms with van der Waals surface area (Å²) in [5.41, 5.74) is 0.00868. The third-order valence-corrected chi connectivity index (χ3v) is 1.90. The zero-order chi connectivity index (χ0) is 6.20. The maximum absolute atomic E-state index is 8.55. The molecule has 1 aliphatic rings. The predicted octanol–water partition coefficient (Wildman–Crippen LogP) is 0.546. The predicted molar refractivity (Wildman–Crippen MR) is 30.7 cm³/mol. The Labute approximate surface area is 49.5 Å². The summed E-state index contributed by atoms with van der Waals surface area (Å²) in [6.07, 6.45) is 1.12. The number of rotatable bonds is 2. The van der Waals surface area contributed by atoms with Crippen molar-refractivity contribution in [1.29, 1.82) is 0 Å². The zero-order valence-corrected chi connectivity index (χ0v) is 5.35. The van der Waals surface area contributed by atoms with Gasteiger partial charge in [0.1, 0.15) is 6.10 Å². The number of epoxide rings is 1. The second-order valence-corrected chi connectivity index (χ2v) is 2.46. The van der Waals surface area contributed by atoms with E-state index >= 15 is 0 Å². The lowest BCUT2D eigenvalue weighted by atomic mass is 10.1. The highest BCUT2D eigenvalue weighted by atomic mass is 16.6. The molecule has 2 nitrogen and oxygen atoms in total. The summed E-state index contributed by atoms with van der Waals surface area (Å²) in [4.78, 5) is 0. The van der Waals surface area contributed by atoms with Gasteiger partial charge in [0.15, 0.2) is 0 Å². The average Bonchev–Trinajstić information content (AvgIpc) is 2.44. The molecule has 0 saturated carbocycles. The fourth-order valence-electron chi connectivity index (χ4n) is 0.832. The van der Waals surface area contributed by atoms with Crippen molar-refractivity contribution >= 4 is 0 Å². The number of ether oxygens (including phenoxy) is 1. The van der Waals surface area contributed by atoms with Crippen LogP contribution < -0.4 is 0 Å². The van der Waals surface area contributed by atoms with E-state index < -0.39 is 0 Å². The van der Waals surface area contributed by atoms with Crippen LogP contribution in [0.3, 0.4) is 0 Å². The van der Waals surface area contributed by atoms with Crippen molar-refractivity contribution in [2.75, 3.05) is 6.61 Å². The molecule has 8 heavy (non-hydrogen) atoms. The van der Waals surface area contributed by atoms with Gasteiger partial charge in [-0.3, -0.25) is 0 Å². The number of aliphatic hydroxyl groups excluding tert-OH is 1. The molecule has 1 aliphatic heterocycles. The molecular weight excluding hydrogens is 104 g/mol. The summed E-state index contributed by atoms with van der Waals surface area (Å²) in [6.45, 7) is 4.26. The van der Waals surface area contributed by atoms with E-state index in [1.807, 2.05) is 6.92 Å². The van der Waals surface area contributed by atoms with Crippen LogP contribution in [0.1, 0.15) is 20.3 Å². The third kappa shape index (κ3) is 0.740. The molecule has 1 heterocycles. The summed E-state index contributed by atoms with van der Waals surface area (Å²) in [5.74, 6) is 0. The molecule has 0 amide bonds. The van der Waals surface area contributed by atoms with E-state index in [9.17, 15) is 0 Å². The number of hydrogen-bond donors (Lipinski definition) is 1. The lowest BCUT2D eigenvalue weighted by Crippen LogP contribution is -2.10. The van der Waals surface area contributed by atoms with E-state index in [-0.39, 0.29) is 18.3 Å². The second kappa shape index (κ2) is 1.71. The third-order valence-electron chi connectivity index (χ3n) is 1.90. The van der Waals surface area contributed by atoms with Crippen LogP contribution in [-0.4, -0.2) is 23.4 Å². The van der Waals surface area contributed by atoms with Crippen LogP contribution in [-0.2, 0) is 4.74 Å². The van der Waals surface area contributed by atoms with Gasteiger partial charge in [-0.2, -0.15) is 0 Å². The first-order chi connectivity index (χ1) is 3.73. The fraction of sp³-hybridized carbons (Fsp3) is 1.00. The lowest BCUT2D eigenvalue weighted by molar-refractivity contribution is 0.236. The van der Waals surface area contributed by atoms with Crippen molar-refractivity contribution in [3.05, 3.63) is 0 Å². The van der Waals surface area contributed by atoms with Crippen LogP contribution >= 0.6 is 0 Å². The summed E-state index contributed by atoms with van der Waals surface area (Å²) in [7, 11) is 0. The van der Waals surface area contributed by atoms with Gasteiger partial charge in [0.25, 0.3) is 0 Å². The second-order valence-electron chi connectivity index (χ2n) is 2.46. The van der Waals surface area contributed by atoms with Crippen LogP contribution in [0.2, 0.25) is 0 Å². The minimum absolute atomic E-state index is 0.00868. The standard InChI is InChI=1S/C6H12O2/c1-3-6(2)5(4-7)8-6/h5,7H,3-4H2,1-2H3/t5-,6+/m0/s1. The molecule has 0 aromatic rings. The van der Waals surface area contributed by atoms with E-state index in [0.29, 0.717) is 0 Å². The average molecular weight is 116 g/mol. The van der Waals surface area contributed by atoms with Gasteiger partial charge in [-0.05, 0) is 13.3 Å². The number of hydrogen-bond acceptors (Lipinski definition) is 2. The summed E-state index contributed by atoms with van der Waals surface area (Å²) in [6, 6.07) is 0. The zero-order valence-electron chi connectivity index (χ0n) is 5.35. The molecule has 1 rings (SSSR count). The van der Waals surface area contributed by atoms with E-state index in [0.717, 1.165) is 6.42 Å². The molecule has 2 atom stereocenters. The normalized spacial score (nSPS) is 44.6. The van der Waals surface area contributed by atoms with Crippen molar-refractivity contribution in [2.24, 2.45) is 0 Å². The monoisotopic (exact) mass is 116 g/mol. The molecule has 0 radical (unpaired) electrons. The van der Waals surface area contributed by atoms with Gasteiger partial charge in [0, 0.05) is 0 Å². The van der Waals surface area contributed by atoms with Gasteiger partial charge in [-0.15, -0.1) is 0 Å². The van der Waals surface area contributed by atoms with Gasteiger partial charge in [0.2, 0.25) is 0 Å². The van der Waals surface area contributed by atoms with Crippen LogP contribution in [0.5, 0.6) is 0 Å². The van der Waals surface area contributed by atoms with Crippen LogP contribution in [0.4, 0.5) is 0 Å². The Bertz CT molecular complexity index is 92.5. The molecular formula is C6H12O2. The maximum atomic E-state index is 8.55. The molecule has 1 fully saturated rings. The van der Waals surface area contributed by atoms with Gasteiger partial charge in [-0.25, -0.2) is 0 Å². The van der Waals surface area contributed by atoms with E-state index in [1.54, 1.807) is 0 Å². The summed E-state index contributed by atoms with van der Waals surface area (Å²) < 4.78 is 5.15. The van der Waals surface area contributed by atoms with E-state index in [2.05, 4.69) is 6.92 Å². The van der Waals surface area contributed by atoms with E-state index in [4.69, 9.17) is 9.84 Å². The minimum Gasteiger partial charge on any atom is -0.394 e. The van der Waals surface area contributed by atoms with Gasteiger partial charge in [0.05, 0.1) is 12.2 Å². The number of aliphatic hydroxyl groups is 1. The van der Waals surface area contributed by atoms with Gasteiger partial charge < -0.3 is 9.84 Å². The topological polar surface area (TPSA) is 32.8 Å². The molecule has 0 aromatic heterocycles. The Morgan fingerprint density at radius 1 is 1.75 bits per heavy atom. The molecule has 48 valence electrons. The Morgan fingerprint density at radius 3 is 2.50 bits per heavy atom. The van der Waals surface area contributed by atoms with Gasteiger partial charge >= 0.3 is 0 Å². The molecule has 1 N–H and O–H groups in total. The highest BCUT2D eigenvalue weighted by Crippen LogP contribution is 2.38. The highest BCUT2D eigenvalue weighted by Gasteiger charge is 2.49. The molecule has 0 spiro atoms. The Balaban J connectivity index is 2.31. The maximum Gasteiger partial charge on any atom is 0.110 e. The molecule has 0 aromatic carbocycles. The fourth-order valence-corrected chi connectivity index (χ4v) is 0.832. The Morgan fingerprint density at radius 2 is 2.38 bits per heavy atom. The first kappa shape index (κ1) is 6.05. The minimum atomic E-state index is 0.00868. The van der Waals surface area contributed by atoms with Crippen molar-refractivity contribution in [3.8, 4) is 0 Å². The van der Waals surface area contributed by atoms with Crippen molar-refractivity contribution in [1.82, 2.24) is 0 Å². The lowest BCUT2D eigenvalue weighted by Gasteiger charge is -1.96. The van der Waals surface area contributed by atoms with E-state index in [1.165, 1.54) is 0 Å². The molecule has 2 heteroatoms. The van der Waals surface area contributed by atoms with Gasteiger partial charge in [-0.1, -0.05) is 6.92 Å². The molecule has 1 saturated heterocycles. The first-order valence-corrected chi connectivity index (χ1v) is 3.01.